The molecule has 3 nitrogen and oxygen atoms in total. The third-order valence-corrected chi connectivity index (χ3v) is 5.58. The minimum absolute atomic E-state index is 0.0569. The summed E-state index contributed by atoms with van der Waals surface area (Å²) < 4.78 is 107. The third kappa shape index (κ3) is 4.63. The number of fused-ring (bicyclic) bond motifs is 1. The van der Waals surface area contributed by atoms with Crippen molar-refractivity contribution < 1.29 is 38.9 Å². The second-order valence-corrected chi connectivity index (χ2v) is 8.37. The number of hydrogen-bond donors (Lipinski definition) is 0. The highest BCUT2D eigenvalue weighted by Crippen LogP contribution is 2.35. The summed E-state index contributed by atoms with van der Waals surface area (Å²) in [5, 5.41) is -0.891. The van der Waals surface area contributed by atoms with Crippen LogP contribution in [-0.2, 0) is 16.5 Å². The van der Waals surface area contributed by atoms with Crippen LogP contribution in [0.4, 0.5) is 26.3 Å². The number of hydrogen-bond acceptors (Lipinski definition) is 3. The van der Waals surface area contributed by atoms with Crippen LogP contribution in [0.5, 0.6) is 5.75 Å². The zero-order chi connectivity index (χ0) is 23.0. The number of aryl methyl sites for hydroxylation is 1. The Morgan fingerprint density at radius 2 is 1.65 bits per heavy atom. The number of benzene rings is 3. The highest BCUT2D eigenvalue weighted by molar-refractivity contribution is 7.88. The Bertz CT molecular complexity index is 1240. The van der Waals surface area contributed by atoms with Gasteiger partial charge in [-0.15, -0.1) is 0 Å². The average Bonchev–Trinajstić information content (AvgIpc) is 2.67. The number of unbranched alkanes of at least 4 members (excludes halogenated alkanes) is 1. The molecule has 0 amide bonds. The van der Waals surface area contributed by atoms with Gasteiger partial charge in [-0.2, -0.15) is 21.6 Å². The van der Waals surface area contributed by atoms with E-state index >= 15 is 0 Å². The lowest BCUT2D eigenvalue weighted by molar-refractivity contribution is -0.0500. The molecule has 0 spiro atoms. The molecule has 3 rings (SSSR count). The van der Waals surface area contributed by atoms with Crippen LogP contribution in [0.15, 0.2) is 42.5 Å². The smallest absolute Gasteiger partial charge is 0.373 e. The Labute approximate surface area is 174 Å². The maximum absolute atomic E-state index is 14.6. The highest BCUT2D eigenvalue weighted by Gasteiger charge is 2.49. The SMILES string of the molecule is CCCCc1ccc(-c2cc(F)c3c(F)c(OS(=O)(=O)C(F)(F)F)ccc3c2)c(F)c1. The van der Waals surface area contributed by atoms with Crippen LogP contribution < -0.4 is 4.18 Å². The van der Waals surface area contributed by atoms with Gasteiger partial charge >= 0.3 is 15.6 Å². The van der Waals surface area contributed by atoms with Crippen LogP contribution in [0.1, 0.15) is 25.3 Å². The van der Waals surface area contributed by atoms with Crippen LogP contribution in [0, 0.1) is 17.5 Å². The molecule has 3 aromatic carbocycles. The van der Waals surface area contributed by atoms with E-state index in [9.17, 15) is 34.8 Å². The quantitative estimate of drug-likeness (QED) is 0.239. The van der Waals surface area contributed by atoms with Crippen molar-refractivity contribution >= 4 is 20.9 Å². The average molecular weight is 462 g/mol. The van der Waals surface area contributed by atoms with Crippen LogP contribution >= 0.6 is 0 Å². The summed E-state index contributed by atoms with van der Waals surface area (Å²) in [7, 11) is -6.13. The molecule has 0 radical (unpaired) electrons. The summed E-state index contributed by atoms with van der Waals surface area (Å²) in [6, 6.07) is 8.16. The van der Waals surface area contributed by atoms with Crippen LogP contribution in [0.3, 0.4) is 0 Å². The maximum atomic E-state index is 14.6. The van der Waals surface area contributed by atoms with E-state index in [4.69, 9.17) is 0 Å². The Hall–Kier alpha value is -2.75. The second-order valence-electron chi connectivity index (χ2n) is 6.83. The van der Waals surface area contributed by atoms with Crippen molar-refractivity contribution in [1.29, 1.82) is 0 Å². The lowest BCUT2D eigenvalue weighted by Crippen LogP contribution is -2.28. The van der Waals surface area contributed by atoms with Crippen LogP contribution in [-0.4, -0.2) is 13.9 Å². The van der Waals surface area contributed by atoms with Crippen molar-refractivity contribution in [2.24, 2.45) is 0 Å². The Morgan fingerprint density at radius 3 is 2.26 bits per heavy atom. The molecule has 0 aliphatic carbocycles. The molecule has 0 N–H and O–H groups in total. The monoisotopic (exact) mass is 462 g/mol. The molecular formula is C21H16F6O3S. The van der Waals surface area contributed by atoms with Crippen LogP contribution in [0.25, 0.3) is 21.9 Å². The molecule has 0 aliphatic heterocycles. The minimum atomic E-state index is -6.13. The molecule has 0 saturated heterocycles. The highest BCUT2D eigenvalue weighted by atomic mass is 32.2. The first kappa shape index (κ1) is 22.9. The van der Waals surface area contributed by atoms with E-state index in [1.165, 1.54) is 18.2 Å². The van der Waals surface area contributed by atoms with Crippen molar-refractivity contribution in [3.63, 3.8) is 0 Å². The number of halogens is 6. The molecule has 0 saturated carbocycles. The van der Waals surface area contributed by atoms with Gasteiger partial charge in [-0.1, -0.05) is 31.5 Å². The zero-order valence-electron chi connectivity index (χ0n) is 16.1. The van der Waals surface area contributed by atoms with Gasteiger partial charge in [0.05, 0.1) is 5.39 Å². The minimum Gasteiger partial charge on any atom is -0.373 e. The normalized spacial score (nSPS) is 12.4. The Kier molecular flexibility index (Phi) is 6.22. The first-order chi connectivity index (χ1) is 14.4. The van der Waals surface area contributed by atoms with E-state index in [1.54, 1.807) is 6.07 Å². The predicted octanol–water partition coefficient (Wildman–Crippen LogP) is 6.50. The lowest BCUT2D eigenvalue weighted by atomic mass is 9.98. The molecule has 0 heterocycles. The van der Waals surface area contributed by atoms with Gasteiger partial charge in [0, 0.05) is 5.56 Å². The molecule has 31 heavy (non-hydrogen) atoms. The van der Waals surface area contributed by atoms with E-state index in [0.717, 1.165) is 30.5 Å². The fourth-order valence-corrected chi connectivity index (χ4v) is 3.53. The molecule has 10 heteroatoms. The molecule has 0 bridgehead atoms. The van der Waals surface area contributed by atoms with Gasteiger partial charge in [-0.25, -0.2) is 13.2 Å². The number of rotatable bonds is 6. The maximum Gasteiger partial charge on any atom is 0.534 e. The molecule has 0 atom stereocenters. The largest absolute Gasteiger partial charge is 0.534 e. The van der Waals surface area contributed by atoms with Crippen LogP contribution in [0.2, 0.25) is 0 Å². The molecule has 3 aromatic rings. The van der Waals surface area contributed by atoms with Gasteiger partial charge in [-0.3, -0.25) is 0 Å². The van der Waals surface area contributed by atoms with E-state index in [-0.39, 0.29) is 16.5 Å². The topological polar surface area (TPSA) is 43.4 Å². The molecule has 0 aliphatic rings. The second kappa shape index (κ2) is 8.41. The standard InChI is InChI=1S/C21H16F6O3S/c1-2-3-4-12-5-7-15(16(22)9-12)14-10-13-6-8-18(20(24)19(13)17(23)11-14)30-31(28,29)21(25,26)27/h5-11H,2-4H2,1H3. The van der Waals surface area contributed by atoms with Gasteiger partial charge in [0.15, 0.2) is 11.6 Å². The van der Waals surface area contributed by atoms with Crippen molar-refractivity contribution in [2.75, 3.05) is 0 Å². The van der Waals surface area contributed by atoms with Gasteiger partial charge in [0.1, 0.15) is 11.6 Å². The van der Waals surface area contributed by atoms with Crippen molar-refractivity contribution in [3.8, 4) is 16.9 Å². The summed E-state index contributed by atoms with van der Waals surface area (Å²) in [5.41, 5.74) is -4.87. The summed E-state index contributed by atoms with van der Waals surface area (Å²) in [6.45, 7) is 2.00. The lowest BCUT2D eigenvalue weighted by Gasteiger charge is -2.13. The molecule has 0 aromatic heterocycles. The molecule has 0 unspecified atom stereocenters. The van der Waals surface area contributed by atoms with Gasteiger partial charge < -0.3 is 4.18 Å². The fourth-order valence-electron chi connectivity index (χ4n) is 3.07. The van der Waals surface area contributed by atoms with E-state index in [2.05, 4.69) is 4.18 Å². The Balaban J connectivity index is 2.04. The summed E-state index contributed by atoms with van der Waals surface area (Å²) >= 11 is 0. The van der Waals surface area contributed by atoms with Crippen molar-refractivity contribution in [3.05, 3.63) is 65.5 Å². The first-order valence-electron chi connectivity index (χ1n) is 9.16. The summed E-state index contributed by atoms with van der Waals surface area (Å²) in [4.78, 5) is 0. The molecule has 0 fully saturated rings. The molecule has 166 valence electrons. The Morgan fingerprint density at radius 1 is 0.935 bits per heavy atom. The first-order valence-corrected chi connectivity index (χ1v) is 10.6. The van der Waals surface area contributed by atoms with Gasteiger partial charge in [0.2, 0.25) is 0 Å². The zero-order valence-corrected chi connectivity index (χ0v) is 16.9. The molecular weight excluding hydrogens is 446 g/mol. The van der Waals surface area contributed by atoms with Gasteiger partial charge in [0.25, 0.3) is 0 Å². The van der Waals surface area contributed by atoms with Crippen molar-refractivity contribution in [1.82, 2.24) is 0 Å². The third-order valence-electron chi connectivity index (χ3n) is 4.62. The van der Waals surface area contributed by atoms with Gasteiger partial charge in [-0.05, 0) is 53.6 Å². The number of alkyl halides is 3. The fraction of sp³-hybridized carbons (Fsp3) is 0.238. The summed E-state index contributed by atoms with van der Waals surface area (Å²) in [6.07, 6.45) is 2.48. The van der Waals surface area contributed by atoms with E-state index < -0.39 is 44.2 Å². The van der Waals surface area contributed by atoms with E-state index in [1.807, 2.05) is 6.92 Å². The predicted molar refractivity (Wildman–Crippen MR) is 103 cm³/mol. The van der Waals surface area contributed by atoms with Crippen molar-refractivity contribution in [2.45, 2.75) is 31.7 Å². The van der Waals surface area contributed by atoms with E-state index in [0.29, 0.717) is 12.5 Å². The summed E-state index contributed by atoms with van der Waals surface area (Å²) in [5.74, 6) is -4.74.